The van der Waals surface area contributed by atoms with E-state index in [-0.39, 0.29) is 5.91 Å². The predicted molar refractivity (Wildman–Crippen MR) is 77.8 cm³/mol. The van der Waals surface area contributed by atoms with Crippen molar-refractivity contribution in [1.82, 2.24) is 10.2 Å². The molecule has 2 saturated heterocycles. The first-order valence-electron chi connectivity index (χ1n) is 7.71. The van der Waals surface area contributed by atoms with Crippen LogP contribution in [-0.4, -0.2) is 50.2 Å². The SMILES string of the molecule is O=C(c1ccc2c(c1)OCCO2)N1CCC2CNCC2C1. The summed E-state index contributed by atoms with van der Waals surface area (Å²) in [6.45, 7) is 4.99. The van der Waals surface area contributed by atoms with E-state index < -0.39 is 0 Å². The van der Waals surface area contributed by atoms with E-state index in [1.54, 1.807) is 0 Å². The number of nitrogens with zero attached hydrogens (tertiary/aromatic N) is 1. The summed E-state index contributed by atoms with van der Waals surface area (Å²) >= 11 is 0. The predicted octanol–water partition coefficient (Wildman–Crippen LogP) is 1.14. The number of piperidine rings is 1. The van der Waals surface area contributed by atoms with Crippen LogP contribution in [0.1, 0.15) is 16.8 Å². The Morgan fingerprint density at radius 2 is 1.95 bits per heavy atom. The second-order valence-corrected chi connectivity index (χ2v) is 6.08. The van der Waals surface area contributed by atoms with Crippen LogP contribution in [0, 0.1) is 11.8 Å². The first kappa shape index (κ1) is 13.0. The van der Waals surface area contributed by atoms with Gasteiger partial charge in [-0.05, 0) is 49.5 Å². The summed E-state index contributed by atoms with van der Waals surface area (Å²) < 4.78 is 11.1. The smallest absolute Gasteiger partial charge is 0.254 e. The number of hydrogen-bond acceptors (Lipinski definition) is 4. The van der Waals surface area contributed by atoms with Crippen molar-refractivity contribution in [1.29, 1.82) is 0 Å². The second-order valence-electron chi connectivity index (χ2n) is 6.08. The van der Waals surface area contributed by atoms with E-state index in [0.29, 0.717) is 30.4 Å². The van der Waals surface area contributed by atoms with Crippen LogP contribution in [0.5, 0.6) is 11.5 Å². The molecule has 2 atom stereocenters. The third kappa shape index (κ3) is 2.35. The Morgan fingerprint density at radius 1 is 1.14 bits per heavy atom. The third-order valence-corrected chi connectivity index (χ3v) is 4.78. The Labute approximate surface area is 124 Å². The molecule has 0 aliphatic carbocycles. The van der Waals surface area contributed by atoms with E-state index in [1.807, 2.05) is 23.1 Å². The Hall–Kier alpha value is -1.75. The number of hydrogen-bond donors (Lipinski definition) is 1. The highest BCUT2D eigenvalue weighted by Crippen LogP contribution is 2.32. The van der Waals surface area contributed by atoms with Crippen molar-refractivity contribution < 1.29 is 14.3 Å². The van der Waals surface area contributed by atoms with E-state index in [2.05, 4.69) is 5.32 Å². The second kappa shape index (κ2) is 5.22. The highest BCUT2D eigenvalue weighted by molar-refractivity contribution is 5.95. The lowest BCUT2D eigenvalue weighted by molar-refractivity contribution is 0.0641. The van der Waals surface area contributed by atoms with Gasteiger partial charge in [0.1, 0.15) is 13.2 Å². The van der Waals surface area contributed by atoms with Gasteiger partial charge in [0.15, 0.2) is 11.5 Å². The number of ether oxygens (including phenoxy) is 2. The highest BCUT2D eigenvalue weighted by atomic mass is 16.6. The molecule has 0 saturated carbocycles. The van der Waals surface area contributed by atoms with Gasteiger partial charge in [0.2, 0.25) is 0 Å². The Morgan fingerprint density at radius 3 is 2.86 bits per heavy atom. The van der Waals surface area contributed by atoms with Crippen LogP contribution in [0.4, 0.5) is 0 Å². The van der Waals surface area contributed by atoms with Gasteiger partial charge in [0, 0.05) is 18.7 Å². The van der Waals surface area contributed by atoms with Crippen molar-refractivity contribution in [3.63, 3.8) is 0 Å². The summed E-state index contributed by atoms with van der Waals surface area (Å²) in [7, 11) is 0. The maximum Gasteiger partial charge on any atom is 0.254 e. The first-order chi connectivity index (χ1) is 10.3. The van der Waals surface area contributed by atoms with Gasteiger partial charge in [-0.15, -0.1) is 0 Å². The minimum Gasteiger partial charge on any atom is -0.486 e. The van der Waals surface area contributed by atoms with Gasteiger partial charge in [-0.1, -0.05) is 0 Å². The largest absolute Gasteiger partial charge is 0.486 e. The van der Waals surface area contributed by atoms with Crippen molar-refractivity contribution in [2.75, 3.05) is 39.4 Å². The van der Waals surface area contributed by atoms with Crippen molar-refractivity contribution in [3.8, 4) is 11.5 Å². The number of amides is 1. The molecule has 1 N–H and O–H groups in total. The lowest BCUT2D eigenvalue weighted by Gasteiger charge is -2.34. The maximum absolute atomic E-state index is 12.7. The summed E-state index contributed by atoms with van der Waals surface area (Å²) in [6, 6.07) is 5.50. The van der Waals surface area contributed by atoms with Crippen molar-refractivity contribution in [2.24, 2.45) is 11.8 Å². The fourth-order valence-electron chi connectivity index (χ4n) is 3.58. The molecule has 5 heteroatoms. The van der Waals surface area contributed by atoms with Crippen LogP contribution in [0.15, 0.2) is 18.2 Å². The molecule has 21 heavy (non-hydrogen) atoms. The van der Waals surface area contributed by atoms with Gasteiger partial charge in [-0.25, -0.2) is 0 Å². The number of rotatable bonds is 1. The average Bonchev–Trinajstić information content (AvgIpc) is 3.01. The number of benzene rings is 1. The van der Waals surface area contributed by atoms with Gasteiger partial charge >= 0.3 is 0 Å². The molecular formula is C16H20N2O3. The normalized spacial score (nSPS) is 27.3. The van der Waals surface area contributed by atoms with Crippen molar-refractivity contribution >= 4 is 5.91 Å². The molecule has 3 aliphatic rings. The lowest BCUT2D eigenvalue weighted by atomic mass is 9.88. The van der Waals surface area contributed by atoms with Crippen molar-refractivity contribution in [3.05, 3.63) is 23.8 Å². The summed E-state index contributed by atoms with van der Waals surface area (Å²) in [5, 5.41) is 3.43. The molecule has 2 unspecified atom stereocenters. The monoisotopic (exact) mass is 288 g/mol. The molecular weight excluding hydrogens is 268 g/mol. The summed E-state index contributed by atoms with van der Waals surface area (Å²) in [6.07, 6.45) is 1.11. The standard InChI is InChI=1S/C16H20N2O3/c19-16(18-4-3-12-8-17-9-13(12)10-18)11-1-2-14-15(7-11)21-6-5-20-14/h1-2,7,12-13,17H,3-6,8-10H2. The molecule has 0 aromatic heterocycles. The number of fused-ring (bicyclic) bond motifs is 2. The number of nitrogens with one attached hydrogen (secondary N) is 1. The van der Waals surface area contributed by atoms with Gasteiger partial charge in [0.25, 0.3) is 5.91 Å². The summed E-state index contributed by atoms with van der Waals surface area (Å²) in [5.74, 6) is 2.88. The zero-order valence-electron chi connectivity index (χ0n) is 12.0. The zero-order chi connectivity index (χ0) is 14.2. The molecule has 112 valence electrons. The lowest BCUT2D eigenvalue weighted by Crippen LogP contribution is -2.43. The highest BCUT2D eigenvalue weighted by Gasteiger charge is 2.34. The fourth-order valence-corrected chi connectivity index (χ4v) is 3.58. The van der Waals surface area contributed by atoms with E-state index >= 15 is 0 Å². The Bertz CT molecular complexity index is 560. The molecule has 0 radical (unpaired) electrons. The molecule has 3 heterocycles. The van der Waals surface area contributed by atoms with Crippen molar-refractivity contribution in [2.45, 2.75) is 6.42 Å². The number of carbonyl (C=O) groups excluding carboxylic acids is 1. The van der Waals surface area contributed by atoms with Gasteiger partial charge in [0.05, 0.1) is 0 Å². The van der Waals surface area contributed by atoms with E-state index in [4.69, 9.17) is 9.47 Å². The van der Waals surface area contributed by atoms with E-state index in [1.165, 1.54) is 0 Å². The Kier molecular flexibility index (Phi) is 3.22. The summed E-state index contributed by atoms with van der Waals surface area (Å²) in [5.41, 5.74) is 0.698. The van der Waals surface area contributed by atoms with Gasteiger partial charge < -0.3 is 19.7 Å². The van der Waals surface area contributed by atoms with Gasteiger partial charge in [-0.3, -0.25) is 4.79 Å². The van der Waals surface area contributed by atoms with Gasteiger partial charge in [-0.2, -0.15) is 0 Å². The number of likely N-dealkylation sites (tertiary alicyclic amines) is 1. The minimum atomic E-state index is 0.109. The topological polar surface area (TPSA) is 50.8 Å². The third-order valence-electron chi connectivity index (χ3n) is 4.78. The van der Waals surface area contributed by atoms with E-state index in [0.717, 1.165) is 44.3 Å². The molecule has 5 nitrogen and oxygen atoms in total. The molecule has 0 spiro atoms. The molecule has 1 aromatic rings. The molecule has 0 bridgehead atoms. The average molecular weight is 288 g/mol. The minimum absolute atomic E-state index is 0.109. The van der Waals surface area contributed by atoms with Crippen LogP contribution in [-0.2, 0) is 0 Å². The Balaban J connectivity index is 1.52. The van der Waals surface area contributed by atoms with Crippen LogP contribution in [0.25, 0.3) is 0 Å². The number of carbonyl (C=O) groups is 1. The van der Waals surface area contributed by atoms with E-state index in [9.17, 15) is 4.79 Å². The molecule has 1 aromatic carbocycles. The fraction of sp³-hybridized carbons (Fsp3) is 0.562. The molecule has 2 fully saturated rings. The van der Waals surface area contributed by atoms with Crippen LogP contribution < -0.4 is 14.8 Å². The quantitative estimate of drug-likeness (QED) is 0.842. The summed E-state index contributed by atoms with van der Waals surface area (Å²) in [4.78, 5) is 14.7. The molecule has 4 rings (SSSR count). The zero-order valence-corrected chi connectivity index (χ0v) is 12.0. The van der Waals surface area contributed by atoms with Crippen LogP contribution in [0.2, 0.25) is 0 Å². The molecule has 3 aliphatic heterocycles. The van der Waals surface area contributed by atoms with Crippen LogP contribution >= 0.6 is 0 Å². The first-order valence-corrected chi connectivity index (χ1v) is 7.71. The maximum atomic E-state index is 12.7. The molecule has 1 amide bonds. The van der Waals surface area contributed by atoms with Crippen LogP contribution in [0.3, 0.4) is 0 Å².